The maximum Gasteiger partial charge on any atom is 0.244 e. The molecule has 146 valence electrons. The van der Waals surface area contributed by atoms with Crippen molar-refractivity contribution in [1.82, 2.24) is 39.0 Å². The van der Waals surface area contributed by atoms with Crippen molar-refractivity contribution >= 4 is 5.91 Å². The van der Waals surface area contributed by atoms with E-state index in [1.54, 1.807) is 17.1 Å². The maximum atomic E-state index is 12.5. The SMILES string of the molecule is O=C(Cn1cccn1)N1CCC(c2nnc(Cn3ccnc3)n2C2CC2)CC1. The Hall–Kier alpha value is -2.97. The van der Waals surface area contributed by atoms with Crippen molar-refractivity contribution in [2.75, 3.05) is 13.1 Å². The summed E-state index contributed by atoms with van der Waals surface area (Å²) in [7, 11) is 0. The lowest BCUT2D eigenvalue weighted by atomic mass is 9.95. The molecule has 1 saturated heterocycles. The van der Waals surface area contributed by atoms with Crippen molar-refractivity contribution in [3.63, 3.8) is 0 Å². The van der Waals surface area contributed by atoms with Crippen LogP contribution in [0.5, 0.6) is 0 Å². The smallest absolute Gasteiger partial charge is 0.244 e. The fourth-order valence-corrected chi connectivity index (χ4v) is 4.02. The predicted molar refractivity (Wildman–Crippen MR) is 100 cm³/mol. The highest BCUT2D eigenvalue weighted by Crippen LogP contribution is 2.40. The zero-order chi connectivity index (χ0) is 18.9. The van der Waals surface area contributed by atoms with Gasteiger partial charge in [-0.1, -0.05) is 0 Å². The van der Waals surface area contributed by atoms with Gasteiger partial charge in [-0.25, -0.2) is 4.98 Å². The van der Waals surface area contributed by atoms with Crippen molar-refractivity contribution in [3.05, 3.63) is 48.8 Å². The zero-order valence-electron chi connectivity index (χ0n) is 15.8. The van der Waals surface area contributed by atoms with Gasteiger partial charge in [0.2, 0.25) is 5.91 Å². The van der Waals surface area contributed by atoms with Crippen LogP contribution in [0.15, 0.2) is 37.2 Å². The molecule has 9 nitrogen and oxygen atoms in total. The highest BCUT2D eigenvalue weighted by atomic mass is 16.2. The molecular formula is C19H24N8O. The molecule has 0 spiro atoms. The molecule has 0 N–H and O–H groups in total. The topological polar surface area (TPSA) is 86.7 Å². The third kappa shape index (κ3) is 3.44. The first kappa shape index (κ1) is 17.2. The molecule has 0 unspecified atom stereocenters. The first-order valence-electron chi connectivity index (χ1n) is 9.92. The number of carbonyl (C=O) groups excluding carboxylic acids is 1. The van der Waals surface area contributed by atoms with Crippen LogP contribution in [-0.2, 0) is 17.9 Å². The molecule has 1 saturated carbocycles. The van der Waals surface area contributed by atoms with Crippen LogP contribution in [0.25, 0.3) is 0 Å². The minimum absolute atomic E-state index is 0.131. The minimum atomic E-state index is 0.131. The highest BCUT2D eigenvalue weighted by molar-refractivity contribution is 5.76. The fourth-order valence-electron chi connectivity index (χ4n) is 4.02. The largest absolute Gasteiger partial charge is 0.341 e. The van der Waals surface area contributed by atoms with Crippen LogP contribution in [-0.4, -0.2) is 58.0 Å². The van der Waals surface area contributed by atoms with E-state index in [0.717, 1.165) is 37.6 Å². The van der Waals surface area contributed by atoms with Gasteiger partial charge in [0.05, 0.1) is 12.9 Å². The standard InChI is InChI=1S/C19H24N8O/c28-18(13-26-8-1-6-21-26)25-9-4-15(5-10-25)19-23-22-17(27(19)16-2-3-16)12-24-11-7-20-14-24/h1,6-8,11,14-16H,2-5,9-10,12-13H2. The normalized spacial score (nSPS) is 17.9. The third-order valence-corrected chi connectivity index (χ3v) is 5.66. The molecule has 28 heavy (non-hydrogen) atoms. The summed E-state index contributed by atoms with van der Waals surface area (Å²) < 4.78 is 6.07. The van der Waals surface area contributed by atoms with E-state index >= 15 is 0 Å². The quantitative estimate of drug-likeness (QED) is 0.646. The second kappa shape index (κ2) is 7.21. The van der Waals surface area contributed by atoms with E-state index in [9.17, 15) is 4.79 Å². The second-order valence-corrected chi connectivity index (χ2v) is 7.67. The van der Waals surface area contributed by atoms with Crippen molar-refractivity contribution in [2.45, 2.75) is 50.7 Å². The van der Waals surface area contributed by atoms with Gasteiger partial charge in [0, 0.05) is 49.8 Å². The summed E-state index contributed by atoms with van der Waals surface area (Å²) in [6.07, 6.45) is 13.3. The second-order valence-electron chi connectivity index (χ2n) is 7.67. The van der Waals surface area contributed by atoms with Gasteiger partial charge in [0.15, 0.2) is 5.82 Å². The van der Waals surface area contributed by atoms with Crippen molar-refractivity contribution in [2.24, 2.45) is 0 Å². The third-order valence-electron chi connectivity index (χ3n) is 5.66. The molecule has 0 radical (unpaired) electrons. The van der Waals surface area contributed by atoms with Crippen LogP contribution in [0.1, 0.15) is 49.3 Å². The molecule has 1 amide bonds. The monoisotopic (exact) mass is 380 g/mol. The number of rotatable bonds is 6. The Balaban J connectivity index is 1.26. The molecule has 2 fully saturated rings. The molecule has 1 aliphatic heterocycles. The van der Waals surface area contributed by atoms with Gasteiger partial charge >= 0.3 is 0 Å². The van der Waals surface area contributed by atoms with Crippen LogP contribution in [0.3, 0.4) is 0 Å². The first-order valence-corrected chi connectivity index (χ1v) is 9.92. The lowest BCUT2D eigenvalue weighted by Gasteiger charge is -2.31. The van der Waals surface area contributed by atoms with E-state index in [2.05, 4.69) is 24.8 Å². The summed E-state index contributed by atoms with van der Waals surface area (Å²) in [5, 5.41) is 13.2. The number of hydrogen-bond donors (Lipinski definition) is 0. The predicted octanol–water partition coefficient (Wildman–Crippen LogP) is 1.46. The van der Waals surface area contributed by atoms with Crippen molar-refractivity contribution in [3.8, 4) is 0 Å². The fraction of sp³-hybridized carbons (Fsp3) is 0.526. The summed E-state index contributed by atoms with van der Waals surface area (Å²) in [6.45, 7) is 2.54. The van der Waals surface area contributed by atoms with Crippen molar-refractivity contribution < 1.29 is 4.79 Å². The van der Waals surface area contributed by atoms with E-state index in [0.29, 0.717) is 25.0 Å². The maximum absolute atomic E-state index is 12.5. The Morgan fingerprint density at radius 2 is 1.93 bits per heavy atom. The molecule has 0 aromatic carbocycles. The Morgan fingerprint density at radius 3 is 2.61 bits per heavy atom. The summed E-state index contributed by atoms with van der Waals surface area (Å²) in [5.74, 6) is 2.59. The number of carbonyl (C=O) groups is 1. The van der Waals surface area contributed by atoms with Crippen LogP contribution in [0.4, 0.5) is 0 Å². The van der Waals surface area contributed by atoms with E-state index in [1.807, 2.05) is 34.3 Å². The summed E-state index contributed by atoms with van der Waals surface area (Å²) in [6, 6.07) is 2.37. The lowest BCUT2D eigenvalue weighted by Crippen LogP contribution is -2.40. The first-order chi connectivity index (χ1) is 13.8. The summed E-state index contributed by atoms with van der Waals surface area (Å²) >= 11 is 0. The number of hydrogen-bond acceptors (Lipinski definition) is 5. The Bertz CT molecular complexity index is 917. The van der Waals surface area contributed by atoms with Gasteiger partial charge in [-0.2, -0.15) is 5.10 Å². The van der Waals surface area contributed by atoms with E-state index in [4.69, 9.17) is 0 Å². The lowest BCUT2D eigenvalue weighted by molar-refractivity contribution is -0.133. The Morgan fingerprint density at radius 1 is 1.07 bits per heavy atom. The average molecular weight is 380 g/mol. The van der Waals surface area contributed by atoms with E-state index < -0.39 is 0 Å². The minimum Gasteiger partial charge on any atom is -0.341 e. The molecule has 3 aromatic rings. The van der Waals surface area contributed by atoms with Crippen molar-refractivity contribution in [1.29, 1.82) is 0 Å². The van der Waals surface area contributed by atoms with E-state index in [-0.39, 0.29) is 5.91 Å². The van der Waals surface area contributed by atoms with Gasteiger partial charge in [-0.3, -0.25) is 9.48 Å². The Labute approximate surface area is 163 Å². The number of nitrogens with zero attached hydrogens (tertiary/aromatic N) is 8. The van der Waals surface area contributed by atoms with Crippen LogP contribution >= 0.6 is 0 Å². The van der Waals surface area contributed by atoms with Gasteiger partial charge in [-0.05, 0) is 31.7 Å². The Kier molecular flexibility index (Phi) is 4.42. The molecule has 4 heterocycles. The number of amides is 1. The number of aromatic nitrogens is 7. The summed E-state index contributed by atoms with van der Waals surface area (Å²) in [5.41, 5.74) is 0. The van der Waals surface area contributed by atoms with Gasteiger partial charge in [0.25, 0.3) is 0 Å². The van der Waals surface area contributed by atoms with Crippen LogP contribution in [0.2, 0.25) is 0 Å². The molecule has 1 aliphatic carbocycles. The van der Waals surface area contributed by atoms with Gasteiger partial charge in [-0.15, -0.1) is 10.2 Å². The molecule has 9 heteroatoms. The molecule has 0 bridgehead atoms. The molecule has 5 rings (SSSR count). The van der Waals surface area contributed by atoms with E-state index in [1.165, 1.54) is 12.8 Å². The number of imidazole rings is 1. The van der Waals surface area contributed by atoms with Gasteiger partial charge < -0.3 is 14.0 Å². The van der Waals surface area contributed by atoms with Crippen LogP contribution in [0, 0.1) is 0 Å². The highest BCUT2D eigenvalue weighted by Gasteiger charge is 2.34. The number of piperidine rings is 1. The molecule has 2 aliphatic rings. The molecule has 3 aromatic heterocycles. The average Bonchev–Trinajstić information content (AvgIpc) is 3.11. The zero-order valence-corrected chi connectivity index (χ0v) is 15.8. The summed E-state index contributed by atoms with van der Waals surface area (Å²) in [4.78, 5) is 18.6. The number of likely N-dealkylation sites (tertiary alicyclic amines) is 1. The molecule has 0 atom stereocenters. The van der Waals surface area contributed by atoms with Gasteiger partial charge in [0.1, 0.15) is 12.4 Å². The molecular weight excluding hydrogens is 356 g/mol. The van der Waals surface area contributed by atoms with Crippen LogP contribution < -0.4 is 0 Å².